The van der Waals surface area contributed by atoms with Gasteiger partial charge in [-0.25, -0.2) is 17.8 Å². The first kappa shape index (κ1) is 10.6. The normalized spacial score (nSPS) is 11.3. The van der Waals surface area contributed by atoms with Crippen molar-refractivity contribution < 1.29 is 8.42 Å². The molecule has 0 saturated heterocycles. The van der Waals surface area contributed by atoms with E-state index >= 15 is 0 Å². The van der Waals surface area contributed by atoms with E-state index in [9.17, 15) is 8.42 Å². The summed E-state index contributed by atoms with van der Waals surface area (Å²) < 4.78 is 27.2. The molecule has 1 heterocycles. The Balaban J connectivity index is 2.32. The third-order valence-electron chi connectivity index (χ3n) is 1.90. The molecular weight excluding hydrogens is 230 g/mol. The predicted molar refractivity (Wildman–Crippen MR) is 56.0 cm³/mol. The number of nitrogens with zero attached hydrogens (tertiary/aromatic N) is 4. The number of sulfonamides is 1. The van der Waals surface area contributed by atoms with Gasteiger partial charge < -0.3 is 0 Å². The number of rotatable bonds is 3. The molecule has 0 radical (unpaired) electrons. The Labute approximate surface area is 92.1 Å². The van der Waals surface area contributed by atoms with Crippen molar-refractivity contribution in [3.05, 3.63) is 30.3 Å². The maximum absolute atomic E-state index is 11.8. The molecule has 0 spiro atoms. The fourth-order valence-corrected chi connectivity index (χ4v) is 2.14. The van der Waals surface area contributed by atoms with E-state index < -0.39 is 10.0 Å². The van der Waals surface area contributed by atoms with Crippen LogP contribution in [0.15, 0.2) is 35.2 Å². The monoisotopic (exact) mass is 239 g/mol. The molecule has 8 heteroatoms. The van der Waals surface area contributed by atoms with Crippen molar-refractivity contribution in [3.8, 4) is 0 Å². The van der Waals surface area contributed by atoms with Crippen molar-refractivity contribution in [2.24, 2.45) is 7.05 Å². The molecule has 1 N–H and O–H groups in total. The molecule has 7 nitrogen and oxygen atoms in total. The molecule has 0 bridgehead atoms. The van der Waals surface area contributed by atoms with E-state index in [2.05, 4.69) is 20.2 Å². The molecule has 0 aliphatic carbocycles. The second-order valence-corrected chi connectivity index (χ2v) is 4.73. The Kier molecular flexibility index (Phi) is 2.57. The second kappa shape index (κ2) is 3.89. The van der Waals surface area contributed by atoms with Crippen LogP contribution < -0.4 is 4.72 Å². The molecule has 0 amide bonds. The quantitative estimate of drug-likeness (QED) is 0.815. The average molecular weight is 239 g/mol. The summed E-state index contributed by atoms with van der Waals surface area (Å²) in [7, 11) is -2.07. The number of tetrazole rings is 1. The number of hydrogen-bond acceptors (Lipinski definition) is 5. The summed E-state index contributed by atoms with van der Waals surface area (Å²) >= 11 is 0. The molecule has 1 aromatic heterocycles. The van der Waals surface area contributed by atoms with Gasteiger partial charge in [-0.3, -0.25) is 0 Å². The van der Waals surface area contributed by atoms with Crippen LogP contribution in [0.25, 0.3) is 0 Å². The van der Waals surface area contributed by atoms with Crippen LogP contribution in [0.5, 0.6) is 0 Å². The first-order chi connectivity index (χ1) is 7.59. The van der Waals surface area contributed by atoms with E-state index in [4.69, 9.17) is 0 Å². The van der Waals surface area contributed by atoms with E-state index in [1.165, 1.54) is 16.8 Å². The molecule has 84 valence electrons. The van der Waals surface area contributed by atoms with Crippen molar-refractivity contribution >= 4 is 16.0 Å². The highest BCUT2D eigenvalue weighted by Crippen LogP contribution is 2.11. The van der Waals surface area contributed by atoms with Gasteiger partial charge >= 0.3 is 0 Å². The van der Waals surface area contributed by atoms with Gasteiger partial charge in [-0.15, -0.1) is 0 Å². The van der Waals surface area contributed by atoms with Crippen LogP contribution in [0.1, 0.15) is 0 Å². The Bertz CT molecular complexity index is 577. The van der Waals surface area contributed by atoms with Crippen molar-refractivity contribution in [1.29, 1.82) is 0 Å². The fraction of sp³-hybridized carbons (Fsp3) is 0.125. The molecule has 0 fully saturated rings. The van der Waals surface area contributed by atoms with Crippen molar-refractivity contribution in [2.75, 3.05) is 4.72 Å². The summed E-state index contributed by atoms with van der Waals surface area (Å²) in [5.74, 6) is 0.0730. The summed E-state index contributed by atoms with van der Waals surface area (Å²) in [6, 6.07) is 8.01. The molecule has 0 unspecified atom stereocenters. The zero-order chi connectivity index (χ0) is 11.6. The van der Waals surface area contributed by atoms with E-state index in [0.29, 0.717) is 0 Å². The fourth-order valence-electron chi connectivity index (χ4n) is 1.09. The summed E-state index contributed by atoms with van der Waals surface area (Å²) in [5.41, 5.74) is 0. The van der Waals surface area contributed by atoms with Gasteiger partial charge in [0.1, 0.15) is 0 Å². The van der Waals surface area contributed by atoms with Crippen LogP contribution in [0, 0.1) is 0 Å². The number of aromatic nitrogens is 4. The molecular formula is C8H9N5O2S. The molecule has 0 aliphatic rings. The van der Waals surface area contributed by atoms with E-state index in [1.807, 2.05) is 0 Å². The minimum atomic E-state index is -3.62. The van der Waals surface area contributed by atoms with Gasteiger partial charge in [0, 0.05) is 7.05 Å². The Hall–Kier alpha value is -1.96. The highest BCUT2D eigenvalue weighted by molar-refractivity contribution is 7.92. The smallest absolute Gasteiger partial charge is 0.246 e. The molecule has 16 heavy (non-hydrogen) atoms. The first-order valence-electron chi connectivity index (χ1n) is 4.40. The number of benzene rings is 1. The lowest BCUT2D eigenvalue weighted by Gasteiger charge is -2.05. The largest absolute Gasteiger partial charge is 0.264 e. The third-order valence-corrected chi connectivity index (χ3v) is 3.24. The highest BCUT2D eigenvalue weighted by Gasteiger charge is 2.16. The minimum absolute atomic E-state index is 0.0730. The van der Waals surface area contributed by atoms with Gasteiger partial charge in [-0.1, -0.05) is 23.3 Å². The number of hydrogen-bond donors (Lipinski definition) is 1. The Morgan fingerprint density at radius 1 is 1.25 bits per heavy atom. The van der Waals surface area contributed by atoms with Crippen molar-refractivity contribution in [2.45, 2.75) is 4.90 Å². The van der Waals surface area contributed by atoms with Crippen LogP contribution in [0.3, 0.4) is 0 Å². The van der Waals surface area contributed by atoms with Crippen LogP contribution in [-0.2, 0) is 17.1 Å². The average Bonchev–Trinajstić information content (AvgIpc) is 2.65. The topological polar surface area (TPSA) is 89.8 Å². The van der Waals surface area contributed by atoms with Crippen LogP contribution in [-0.4, -0.2) is 28.6 Å². The highest BCUT2D eigenvalue weighted by atomic mass is 32.2. The molecule has 2 rings (SSSR count). The maximum Gasteiger partial charge on any atom is 0.264 e. The van der Waals surface area contributed by atoms with Gasteiger partial charge in [0.2, 0.25) is 0 Å². The zero-order valence-electron chi connectivity index (χ0n) is 8.40. The first-order valence-corrected chi connectivity index (χ1v) is 5.88. The van der Waals surface area contributed by atoms with Gasteiger partial charge in [-0.05, 0) is 22.6 Å². The van der Waals surface area contributed by atoms with Gasteiger partial charge in [0.05, 0.1) is 4.90 Å². The number of anilines is 1. The molecule has 2 aromatic rings. The molecule has 0 atom stereocenters. The van der Waals surface area contributed by atoms with Gasteiger partial charge in [0.25, 0.3) is 16.0 Å². The van der Waals surface area contributed by atoms with Crippen LogP contribution in [0.2, 0.25) is 0 Å². The summed E-state index contributed by atoms with van der Waals surface area (Å²) in [6.45, 7) is 0. The SMILES string of the molecule is Cn1nnnc1NS(=O)(=O)c1ccccc1. The van der Waals surface area contributed by atoms with E-state index in [-0.39, 0.29) is 10.8 Å². The summed E-state index contributed by atoms with van der Waals surface area (Å²) in [5, 5.41) is 10.4. The van der Waals surface area contributed by atoms with Crippen molar-refractivity contribution in [3.63, 3.8) is 0 Å². The second-order valence-electron chi connectivity index (χ2n) is 3.04. The van der Waals surface area contributed by atoms with Crippen molar-refractivity contribution in [1.82, 2.24) is 20.2 Å². The zero-order valence-corrected chi connectivity index (χ0v) is 9.22. The summed E-state index contributed by atoms with van der Waals surface area (Å²) in [4.78, 5) is 0.165. The standard InChI is InChI=1S/C8H9N5O2S/c1-13-8(9-11-12-13)10-16(14,15)7-5-3-2-4-6-7/h2-6H,1H3,(H,9,10,12). The number of nitrogens with one attached hydrogen (secondary N) is 1. The lowest BCUT2D eigenvalue weighted by Crippen LogP contribution is -2.16. The lowest BCUT2D eigenvalue weighted by atomic mass is 10.4. The maximum atomic E-state index is 11.8. The van der Waals surface area contributed by atoms with Crippen LogP contribution in [0.4, 0.5) is 5.95 Å². The molecule has 0 aliphatic heterocycles. The minimum Gasteiger partial charge on any atom is -0.246 e. The summed E-state index contributed by atoms with van der Waals surface area (Å²) in [6.07, 6.45) is 0. The van der Waals surface area contributed by atoms with E-state index in [0.717, 1.165) is 0 Å². The van der Waals surface area contributed by atoms with Gasteiger partial charge in [-0.2, -0.15) is 0 Å². The third kappa shape index (κ3) is 2.01. The van der Waals surface area contributed by atoms with Crippen LogP contribution >= 0.6 is 0 Å². The molecule has 0 saturated carbocycles. The molecule has 1 aromatic carbocycles. The van der Waals surface area contributed by atoms with E-state index in [1.54, 1.807) is 25.2 Å². The van der Waals surface area contributed by atoms with Gasteiger partial charge in [0.15, 0.2) is 0 Å². The number of aryl methyl sites for hydroxylation is 1. The Morgan fingerprint density at radius 2 is 1.94 bits per heavy atom. The Morgan fingerprint density at radius 3 is 2.50 bits per heavy atom. The lowest BCUT2D eigenvalue weighted by molar-refractivity contribution is 0.600. The predicted octanol–water partition coefficient (Wildman–Crippen LogP) is 0.0109.